The van der Waals surface area contributed by atoms with Crippen molar-refractivity contribution in [2.75, 3.05) is 17.3 Å². The summed E-state index contributed by atoms with van der Waals surface area (Å²) in [6, 6.07) is 19.8. The molecule has 0 radical (unpaired) electrons. The lowest BCUT2D eigenvalue weighted by Crippen LogP contribution is -2.33. The smallest absolute Gasteiger partial charge is 0.282 e. The van der Waals surface area contributed by atoms with Gasteiger partial charge < -0.3 is 10.1 Å². The molecule has 3 aromatic rings. The largest absolute Gasteiger partial charge is 0.496 e. The Morgan fingerprint density at radius 1 is 0.871 bits per heavy atom. The number of anilines is 2. The van der Waals surface area contributed by atoms with Crippen LogP contribution in [0.3, 0.4) is 0 Å². The van der Waals surface area contributed by atoms with Crippen LogP contribution in [-0.2, 0) is 9.59 Å². The standard InChI is InChI=1S/C25H21ClN2O3/c1-15-8-4-6-10-20(15)28-24(29)22(18-9-5-7-11-21(18)31-3)23(25(28)30)27-19-13-12-17(26)14-16(19)2/h4-14,27H,1-3H3. The zero-order valence-electron chi connectivity index (χ0n) is 17.4. The highest BCUT2D eigenvalue weighted by atomic mass is 35.5. The molecular formula is C25H21ClN2O3. The van der Waals surface area contributed by atoms with E-state index in [9.17, 15) is 9.59 Å². The van der Waals surface area contributed by atoms with Crippen LogP contribution in [0.15, 0.2) is 72.4 Å². The monoisotopic (exact) mass is 432 g/mol. The highest BCUT2D eigenvalue weighted by Crippen LogP contribution is 2.38. The lowest BCUT2D eigenvalue weighted by Gasteiger charge is -2.18. The molecule has 31 heavy (non-hydrogen) atoms. The van der Waals surface area contributed by atoms with Gasteiger partial charge in [0.1, 0.15) is 11.4 Å². The summed E-state index contributed by atoms with van der Waals surface area (Å²) in [5.74, 6) is -0.315. The van der Waals surface area contributed by atoms with Crippen LogP contribution in [0.4, 0.5) is 11.4 Å². The zero-order valence-corrected chi connectivity index (χ0v) is 18.2. The number of benzene rings is 3. The Bertz CT molecular complexity index is 1230. The topological polar surface area (TPSA) is 58.6 Å². The summed E-state index contributed by atoms with van der Waals surface area (Å²) in [5, 5.41) is 3.78. The third-order valence-corrected chi connectivity index (χ3v) is 5.50. The van der Waals surface area contributed by atoms with E-state index in [4.69, 9.17) is 16.3 Å². The summed E-state index contributed by atoms with van der Waals surface area (Å²) >= 11 is 6.08. The molecule has 0 unspecified atom stereocenters. The van der Waals surface area contributed by atoms with Crippen molar-refractivity contribution < 1.29 is 14.3 Å². The van der Waals surface area contributed by atoms with E-state index in [0.717, 1.165) is 11.1 Å². The first-order valence-corrected chi connectivity index (χ1v) is 10.2. The van der Waals surface area contributed by atoms with Crippen LogP contribution in [0.25, 0.3) is 5.57 Å². The summed E-state index contributed by atoms with van der Waals surface area (Å²) in [5.41, 5.74) is 3.94. The number of methoxy groups -OCH3 is 1. The fourth-order valence-electron chi connectivity index (χ4n) is 3.68. The van der Waals surface area contributed by atoms with Gasteiger partial charge in [0, 0.05) is 16.3 Å². The van der Waals surface area contributed by atoms with Crippen LogP contribution in [0.1, 0.15) is 16.7 Å². The molecule has 0 aliphatic carbocycles. The van der Waals surface area contributed by atoms with Crippen molar-refractivity contribution in [1.82, 2.24) is 0 Å². The first-order chi connectivity index (χ1) is 14.9. The fraction of sp³-hybridized carbons (Fsp3) is 0.120. The molecule has 0 aromatic heterocycles. The average molecular weight is 433 g/mol. The second kappa shape index (κ2) is 8.28. The van der Waals surface area contributed by atoms with Crippen LogP contribution in [0.5, 0.6) is 5.75 Å². The van der Waals surface area contributed by atoms with Crippen molar-refractivity contribution in [3.05, 3.63) is 94.1 Å². The summed E-state index contributed by atoms with van der Waals surface area (Å²) in [6.07, 6.45) is 0. The Hall–Kier alpha value is -3.57. The molecule has 1 aliphatic heterocycles. The summed E-state index contributed by atoms with van der Waals surface area (Å²) < 4.78 is 5.48. The van der Waals surface area contributed by atoms with Crippen LogP contribution >= 0.6 is 11.6 Å². The summed E-state index contributed by atoms with van der Waals surface area (Å²) in [7, 11) is 1.54. The molecule has 156 valence electrons. The van der Waals surface area contributed by atoms with E-state index in [-0.39, 0.29) is 11.3 Å². The quantitative estimate of drug-likeness (QED) is 0.551. The molecule has 0 saturated carbocycles. The van der Waals surface area contributed by atoms with Crippen molar-refractivity contribution in [3.8, 4) is 5.75 Å². The number of rotatable bonds is 5. The molecule has 6 heteroatoms. The Morgan fingerprint density at radius 3 is 2.29 bits per heavy atom. The first kappa shape index (κ1) is 20.7. The maximum absolute atomic E-state index is 13.6. The number of hydrogen-bond acceptors (Lipinski definition) is 4. The third kappa shape index (κ3) is 3.68. The number of imide groups is 1. The molecule has 1 N–H and O–H groups in total. The Morgan fingerprint density at radius 2 is 1.58 bits per heavy atom. The lowest BCUT2D eigenvalue weighted by molar-refractivity contribution is -0.120. The number of hydrogen-bond donors (Lipinski definition) is 1. The number of nitrogens with one attached hydrogen (secondary N) is 1. The minimum atomic E-state index is -0.422. The van der Waals surface area contributed by atoms with Crippen LogP contribution in [-0.4, -0.2) is 18.9 Å². The van der Waals surface area contributed by atoms with Crippen LogP contribution in [0.2, 0.25) is 5.02 Å². The van der Waals surface area contributed by atoms with Gasteiger partial charge >= 0.3 is 0 Å². The van der Waals surface area contributed by atoms with Crippen molar-refractivity contribution in [1.29, 1.82) is 0 Å². The number of carbonyl (C=O) groups is 2. The van der Waals surface area contributed by atoms with E-state index in [1.54, 1.807) is 42.5 Å². The molecule has 0 spiro atoms. The number of nitrogens with zero attached hydrogens (tertiary/aromatic N) is 1. The van der Waals surface area contributed by atoms with Crippen molar-refractivity contribution in [3.63, 3.8) is 0 Å². The SMILES string of the molecule is COc1ccccc1C1=C(Nc2ccc(Cl)cc2C)C(=O)N(c2ccccc2C)C1=O. The molecule has 1 aliphatic rings. The molecule has 0 saturated heterocycles. The molecule has 0 fully saturated rings. The van der Waals surface area contributed by atoms with E-state index < -0.39 is 11.8 Å². The molecular weight excluding hydrogens is 412 g/mol. The molecule has 2 amide bonds. The highest BCUT2D eigenvalue weighted by Gasteiger charge is 2.41. The molecule has 0 bridgehead atoms. The lowest BCUT2D eigenvalue weighted by atomic mass is 10.0. The maximum Gasteiger partial charge on any atom is 0.282 e. The van der Waals surface area contributed by atoms with Crippen LogP contribution in [0, 0.1) is 13.8 Å². The van der Waals surface area contributed by atoms with Crippen LogP contribution < -0.4 is 15.0 Å². The van der Waals surface area contributed by atoms with Gasteiger partial charge in [-0.3, -0.25) is 9.59 Å². The van der Waals surface area contributed by atoms with E-state index >= 15 is 0 Å². The highest BCUT2D eigenvalue weighted by molar-refractivity contribution is 6.46. The number of para-hydroxylation sites is 2. The minimum Gasteiger partial charge on any atom is -0.496 e. The minimum absolute atomic E-state index is 0.197. The second-order valence-corrected chi connectivity index (χ2v) is 7.70. The number of halogens is 1. The number of aryl methyl sites for hydroxylation is 2. The zero-order chi connectivity index (χ0) is 22.1. The van der Waals surface area contributed by atoms with Gasteiger partial charge in [0.15, 0.2) is 0 Å². The van der Waals surface area contributed by atoms with Gasteiger partial charge in [-0.1, -0.05) is 48.0 Å². The van der Waals surface area contributed by atoms with Crippen molar-refractivity contribution in [2.45, 2.75) is 13.8 Å². The van der Waals surface area contributed by atoms with E-state index in [1.807, 2.05) is 38.1 Å². The van der Waals surface area contributed by atoms with E-state index in [1.165, 1.54) is 12.0 Å². The third-order valence-electron chi connectivity index (χ3n) is 5.26. The van der Waals surface area contributed by atoms with Gasteiger partial charge in [-0.15, -0.1) is 0 Å². The summed E-state index contributed by atoms with van der Waals surface area (Å²) in [6.45, 7) is 3.76. The predicted octanol–water partition coefficient (Wildman–Crippen LogP) is 5.36. The first-order valence-electron chi connectivity index (χ1n) is 9.77. The van der Waals surface area contributed by atoms with Crippen molar-refractivity contribution in [2.24, 2.45) is 0 Å². The van der Waals surface area contributed by atoms with Gasteiger partial charge in [0.25, 0.3) is 11.8 Å². The van der Waals surface area contributed by atoms with Gasteiger partial charge in [0.2, 0.25) is 0 Å². The summed E-state index contributed by atoms with van der Waals surface area (Å²) in [4.78, 5) is 28.4. The second-order valence-electron chi connectivity index (χ2n) is 7.27. The molecule has 1 heterocycles. The molecule has 4 rings (SSSR count). The van der Waals surface area contributed by atoms with E-state index in [2.05, 4.69) is 5.32 Å². The average Bonchev–Trinajstić information content (AvgIpc) is 3.00. The molecule has 5 nitrogen and oxygen atoms in total. The number of carbonyl (C=O) groups excluding carboxylic acids is 2. The van der Waals surface area contributed by atoms with Crippen molar-refractivity contribution >= 4 is 40.4 Å². The Kier molecular flexibility index (Phi) is 5.53. The van der Waals surface area contributed by atoms with Gasteiger partial charge in [-0.25, -0.2) is 4.90 Å². The number of ether oxygens (including phenoxy) is 1. The van der Waals surface area contributed by atoms with Gasteiger partial charge in [-0.05, 0) is 55.3 Å². The van der Waals surface area contributed by atoms with Gasteiger partial charge in [0.05, 0.1) is 18.4 Å². The fourth-order valence-corrected chi connectivity index (χ4v) is 3.91. The Balaban J connectivity index is 1.90. The van der Waals surface area contributed by atoms with Gasteiger partial charge in [-0.2, -0.15) is 0 Å². The molecule has 0 atom stereocenters. The maximum atomic E-state index is 13.6. The molecule has 3 aromatic carbocycles. The van der Waals surface area contributed by atoms with E-state index in [0.29, 0.717) is 27.7 Å². The predicted molar refractivity (Wildman–Crippen MR) is 123 cm³/mol. The Labute approximate surface area is 185 Å². The number of amides is 2. The normalized spacial score (nSPS) is 13.7.